The number of nitrogens with zero attached hydrogens (tertiary/aromatic N) is 1. The Kier molecular flexibility index (Phi) is 10.7. The van der Waals surface area contributed by atoms with Crippen molar-refractivity contribution in [2.24, 2.45) is 0 Å². The summed E-state index contributed by atoms with van der Waals surface area (Å²) >= 11 is 1.76. The number of benzene rings is 1. The second-order valence-corrected chi connectivity index (χ2v) is 5.96. The third kappa shape index (κ3) is 8.26. The molecule has 22 heavy (non-hydrogen) atoms. The molecule has 1 unspecified atom stereocenters. The molecular formula is C15H23ClN2O3S. The van der Waals surface area contributed by atoms with E-state index in [-0.39, 0.29) is 24.9 Å². The first-order chi connectivity index (χ1) is 10.0. The van der Waals surface area contributed by atoms with E-state index in [1.54, 1.807) is 25.7 Å². The predicted octanol–water partition coefficient (Wildman–Crippen LogP) is 2.11. The number of rotatable bonds is 9. The minimum Gasteiger partial charge on any atom is -0.480 e. The number of nitrogens with one attached hydrogen (secondary N) is 1. The van der Waals surface area contributed by atoms with Gasteiger partial charge in [-0.15, -0.1) is 24.2 Å². The zero-order valence-electron chi connectivity index (χ0n) is 12.8. The average Bonchev–Trinajstić information content (AvgIpc) is 2.47. The second-order valence-electron chi connectivity index (χ2n) is 4.79. The number of halogens is 1. The normalized spacial score (nSPS) is 11.6. The monoisotopic (exact) mass is 346 g/mol. The first-order valence-electron chi connectivity index (χ1n) is 6.88. The van der Waals surface area contributed by atoms with Crippen LogP contribution in [0.2, 0.25) is 0 Å². The van der Waals surface area contributed by atoms with Crippen LogP contribution in [0.1, 0.15) is 13.3 Å². The molecule has 7 heteroatoms. The van der Waals surface area contributed by atoms with Crippen molar-refractivity contribution in [3.8, 4) is 0 Å². The van der Waals surface area contributed by atoms with Crippen LogP contribution in [-0.4, -0.2) is 53.8 Å². The third-order valence-corrected chi connectivity index (χ3v) is 4.17. The fourth-order valence-electron chi connectivity index (χ4n) is 1.61. The van der Waals surface area contributed by atoms with Crippen LogP contribution < -0.4 is 5.32 Å². The number of hydrogen-bond acceptors (Lipinski definition) is 4. The van der Waals surface area contributed by atoms with E-state index >= 15 is 0 Å². The Morgan fingerprint density at radius 3 is 2.55 bits per heavy atom. The highest BCUT2D eigenvalue weighted by molar-refractivity contribution is 7.99. The van der Waals surface area contributed by atoms with Gasteiger partial charge in [-0.2, -0.15) is 0 Å². The van der Waals surface area contributed by atoms with E-state index in [1.165, 1.54) is 9.80 Å². The van der Waals surface area contributed by atoms with E-state index in [0.29, 0.717) is 6.54 Å². The molecule has 0 radical (unpaired) electrons. The highest BCUT2D eigenvalue weighted by Crippen LogP contribution is 2.17. The Hall–Kier alpha value is -1.24. The summed E-state index contributed by atoms with van der Waals surface area (Å²) in [7, 11) is 1.63. The molecule has 0 saturated carbocycles. The molecule has 0 aliphatic rings. The van der Waals surface area contributed by atoms with Gasteiger partial charge in [-0.1, -0.05) is 18.2 Å². The van der Waals surface area contributed by atoms with Gasteiger partial charge in [0.25, 0.3) is 0 Å². The Labute approximate surface area is 141 Å². The third-order valence-electron chi connectivity index (χ3n) is 3.07. The lowest BCUT2D eigenvalue weighted by Gasteiger charge is -2.20. The van der Waals surface area contributed by atoms with Crippen LogP contribution in [0, 0.1) is 0 Å². The second kappa shape index (κ2) is 11.3. The molecule has 1 atom stereocenters. The molecule has 0 heterocycles. The van der Waals surface area contributed by atoms with E-state index < -0.39 is 12.0 Å². The summed E-state index contributed by atoms with van der Waals surface area (Å²) in [5.41, 5.74) is 0. The minimum atomic E-state index is -0.926. The predicted molar refractivity (Wildman–Crippen MR) is 91.8 cm³/mol. The Morgan fingerprint density at radius 2 is 1.95 bits per heavy atom. The van der Waals surface area contributed by atoms with E-state index in [0.717, 1.165) is 12.2 Å². The van der Waals surface area contributed by atoms with Crippen molar-refractivity contribution in [3.05, 3.63) is 30.3 Å². The van der Waals surface area contributed by atoms with Crippen LogP contribution in [0.3, 0.4) is 0 Å². The molecule has 5 nitrogen and oxygen atoms in total. The number of carboxylic acid groups (broad SMARTS) is 1. The topological polar surface area (TPSA) is 69.6 Å². The summed E-state index contributed by atoms with van der Waals surface area (Å²) in [5.74, 6) is -0.133. The standard InChI is InChI=1S/C15H22N2O3S.ClH/c1-12(15(19)20)17(2)11-14(18)16-9-6-10-21-13-7-4-3-5-8-13;/h3-5,7-8,12H,6,9-11H2,1-2H3,(H,16,18)(H,19,20);1H. The zero-order valence-corrected chi connectivity index (χ0v) is 14.5. The van der Waals surface area contributed by atoms with Gasteiger partial charge in [-0.05, 0) is 38.3 Å². The molecule has 0 aromatic heterocycles. The minimum absolute atomic E-state index is 0. The molecule has 0 bridgehead atoms. The first-order valence-corrected chi connectivity index (χ1v) is 7.87. The van der Waals surface area contributed by atoms with Crippen molar-refractivity contribution in [2.45, 2.75) is 24.3 Å². The highest BCUT2D eigenvalue weighted by Gasteiger charge is 2.18. The van der Waals surface area contributed by atoms with E-state index in [4.69, 9.17) is 5.11 Å². The molecule has 0 saturated heterocycles. The summed E-state index contributed by atoms with van der Waals surface area (Å²) in [6, 6.07) is 9.45. The van der Waals surface area contributed by atoms with Gasteiger partial charge in [0.15, 0.2) is 0 Å². The fraction of sp³-hybridized carbons (Fsp3) is 0.467. The molecular weight excluding hydrogens is 324 g/mol. The maximum atomic E-state index is 11.7. The van der Waals surface area contributed by atoms with Crippen LogP contribution in [0.15, 0.2) is 35.2 Å². The summed E-state index contributed by atoms with van der Waals surface area (Å²) in [6.45, 7) is 2.26. The first kappa shape index (κ1) is 20.8. The average molecular weight is 347 g/mol. The van der Waals surface area contributed by atoms with Crippen molar-refractivity contribution in [1.29, 1.82) is 0 Å². The van der Waals surface area contributed by atoms with Crippen molar-refractivity contribution >= 4 is 36.0 Å². The summed E-state index contributed by atoms with van der Waals surface area (Å²) in [6.07, 6.45) is 0.878. The highest BCUT2D eigenvalue weighted by atomic mass is 35.5. The van der Waals surface area contributed by atoms with Gasteiger partial charge < -0.3 is 10.4 Å². The number of carbonyl (C=O) groups excluding carboxylic acids is 1. The summed E-state index contributed by atoms with van der Waals surface area (Å²) in [4.78, 5) is 25.2. The zero-order chi connectivity index (χ0) is 15.7. The van der Waals surface area contributed by atoms with Crippen LogP contribution in [-0.2, 0) is 9.59 Å². The Bertz CT molecular complexity index is 459. The molecule has 1 rings (SSSR count). The lowest BCUT2D eigenvalue weighted by atomic mass is 10.3. The molecule has 1 aromatic rings. The van der Waals surface area contributed by atoms with Gasteiger partial charge in [-0.3, -0.25) is 14.5 Å². The molecule has 124 valence electrons. The number of amides is 1. The van der Waals surface area contributed by atoms with Crippen molar-refractivity contribution in [3.63, 3.8) is 0 Å². The molecule has 0 fully saturated rings. The van der Waals surface area contributed by atoms with Crippen LogP contribution in [0.25, 0.3) is 0 Å². The van der Waals surface area contributed by atoms with Gasteiger partial charge in [0.1, 0.15) is 6.04 Å². The van der Waals surface area contributed by atoms with Crippen LogP contribution >= 0.6 is 24.2 Å². The Morgan fingerprint density at radius 1 is 1.32 bits per heavy atom. The number of carbonyl (C=O) groups is 2. The number of likely N-dealkylation sites (N-methyl/N-ethyl adjacent to an activating group) is 1. The quantitative estimate of drug-likeness (QED) is 0.529. The molecule has 0 aliphatic carbocycles. The SMILES string of the molecule is CC(C(=O)O)N(C)CC(=O)NCCCSc1ccccc1.Cl. The Balaban J connectivity index is 0.00000441. The lowest BCUT2D eigenvalue weighted by molar-refractivity contribution is -0.142. The van der Waals surface area contributed by atoms with Gasteiger partial charge in [0.05, 0.1) is 6.54 Å². The maximum absolute atomic E-state index is 11.7. The number of carboxylic acids is 1. The number of thioether (sulfide) groups is 1. The van der Waals surface area contributed by atoms with Crippen molar-refractivity contribution in [2.75, 3.05) is 25.9 Å². The van der Waals surface area contributed by atoms with Crippen molar-refractivity contribution < 1.29 is 14.7 Å². The molecule has 1 aromatic carbocycles. The van der Waals surface area contributed by atoms with Gasteiger partial charge in [-0.25, -0.2) is 0 Å². The number of aliphatic carboxylic acids is 1. The van der Waals surface area contributed by atoms with Gasteiger partial charge in [0.2, 0.25) is 5.91 Å². The van der Waals surface area contributed by atoms with E-state index in [2.05, 4.69) is 17.4 Å². The molecule has 0 spiro atoms. The van der Waals surface area contributed by atoms with Gasteiger partial charge >= 0.3 is 5.97 Å². The molecule has 0 aliphatic heterocycles. The summed E-state index contributed by atoms with van der Waals surface area (Å²) in [5, 5.41) is 11.7. The number of hydrogen-bond donors (Lipinski definition) is 2. The maximum Gasteiger partial charge on any atom is 0.320 e. The van der Waals surface area contributed by atoms with Crippen LogP contribution in [0.5, 0.6) is 0 Å². The van der Waals surface area contributed by atoms with Gasteiger partial charge in [0, 0.05) is 11.4 Å². The van der Waals surface area contributed by atoms with Crippen LogP contribution in [0.4, 0.5) is 0 Å². The van der Waals surface area contributed by atoms with E-state index in [9.17, 15) is 9.59 Å². The largest absolute Gasteiger partial charge is 0.480 e. The fourth-order valence-corrected chi connectivity index (χ4v) is 2.49. The molecule has 2 N–H and O–H groups in total. The smallest absolute Gasteiger partial charge is 0.320 e. The summed E-state index contributed by atoms with van der Waals surface area (Å²) < 4.78 is 0. The molecule has 1 amide bonds. The van der Waals surface area contributed by atoms with E-state index in [1.807, 2.05) is 18.2 Å². The van der Waals surface area contributed by atoms with Crippen molar-refractivity contribution in [1.82, 2.24) is 10.2 Å². The lowest BCUT2D eigenvalue weighted by Crippen LogP contribution is -2.43.